The number of nitrogens with one attached hydrogen (secondary N) is 3. The van der Waals surface area contributed by atoms with Gasteiger partial charge in [0.1, 0.15) is 0 Å². The van der Waals surface area contributed by atoms with Gasteiger partial charge >= 0.3 is 0 Å². The zero-order chi connectivity index (χ0) is 13.9. The molecule has 0 radical (unpaired) electrons. The normalized spacial score (nSPS) is 27.1. The maximum Gasteiger partial charge on any atom is 0.241 e. The Kier molecular flexibility index (Phi) is 3.87. The summed E-state index contributed by atoms with van der Waals surface area (Å²) in [4.78, 5) is 12.1. The van der Waals surface area contributed by atoms with E-state index in [0.717, 1.165) is 18.0 Å². The Balaban J connectivity index is 1.45. The maximum atomic E-state index is 12.1. The van der Waals surface area contributed by atoms with Crippen LogP contribution in [-0.2, 0) is 4.79 Å². The molecule has 1 aromatic rings. The first-order chi connectivity index (χ1) is 9.72. The summed E-state index contributed by atoms with van der Waals surface area (Å²) in [6, 6.07) is 9.65. The molecule has 1 aromatic carbocycles. The number of amides is 1. The highest BCUT2D eigenvalue weighted by Crippen LogP contribution is 2.48. The highest BCUT2D eigenvalue weighted by molar-refractivity contribution is 7.80. The Morgan fingerprint density at radius 1 is 1.10 bits per heavy atom. The molecule has 3 N–H and O–H groups in total. The van der Waals surface area contributed by atoms with Crippen LogP contribution in [0.25, 0.3) is 0 Å². The Morgan fingerprint density at radius 3 is 2.55 bits per heavy atom. The number of hydrazine groups is 1. The van der Waals surface area contributed by atoms with Crippen molar-refractivity contribution >= 4 is 28.9 Å². The van der Waals surface area contributed by atoms with Crippen LogP contribution in [0.5, 0.6) is 0 Å². The van der Waals surface area contributed by atoms with Gasteiger partial charge in [0.25, 0.3) is 0 Å². The molecule has 0 aliphatic heterocycles. The Labute approximate surface area is 124 Å². The molecule has 4 nitrogen and oxygen atoms in total. The molecule has 0 heterocycles. The van der Waals surface area contributed by atoms with E-state index in [-0.39, 0.29) is 11.8 Å². The van der Waals surface area contributed by atoms with Crippen molar-refractivity contribution in [1.29, 1.82) is 0 Å². The third-order valence-electron chi connectivity index (χ3n) is 4.41. The molecular weight excluding hydrogens is 270 g/mol. The number of rotatable bonds is 2. The van der Waals surface area contributed by atoms with Crippen molar-refractivity contribution in [3.63, 3.8) is 0 Å². The van der Waals surface area contributed by atoms with Crippen molar-refractivity contribution < 1.29 is 4.79 Å². The molecule has 0 saturated heterocycles. The van der Waals surface area contributed by atoms with E-state index in [1.165, 1.54) is 19.3 Å². The number of thiocarbonyl (C=S) groups is 1. The average molecular weight is 289 g/mol. The number of hydrogen-bond acceptors (Lipinski definition) is 2. The van der Waals surface area contributed by atoms with Gasteiger partial charge in [-0.05, 0) is 55.4 Å². The van der Waals surface area contributed by atoms with Crippen LogP contribution in [0.3, 0.4) is 0 Å². The van der Waals surface area contributed by atoms with Gasteiger partial charge in [0, 0.05) is 11.6 Å². The lowest BCUT2D eigenvalue weighted by Crippen LogP contribution is -2.47. The van der Waals surface area contributed by atoms with Crippen molar-refractivity contribution in [1.82, 2.24) is 10.9 Å². The zero-order valence-corrected chi connectivity index (χ0v) is 12.1. The second-order valence-electron chi connectivity index (χ2n) is 5.72. The summed E-state index contributed by atoms with van der Waals surface area (Å²) in [5.74, 6) is 1.60. The third-order valence-corrected chi connectivity index (χ3v) is 4.61. The van der Waals surface area contributed by atoms with Gasteiger partial charge in [-0.3, -0.25) is 15.6 Å². The molecule has 0 aromatic heterocycles. The van der Waals surface area contributed by atoms with Crippen molar-refractivity contribution in [2.45, 2.75) is 25.7 Å². The SMILES string of the molecule is O=C(NNC(=S)Nc1ccccc1)[C@@H]1C[C@@H]2CC[C@@H]1C2. The van der Waals surface area contributed by atoms with Crippen LogP contribution >= 0.6 is 12.2 Å². The van der Waals surface area contributed by atoms with Crippen LogP contribution in [0.15, 0.2) is 30.3 Å². The van der Waals surface area contributed by atoms with E-state index < -0.39 is 0 Å². The molecule has 2 aliphatic rings. The minimum Gasteiger partial charge on any atom is -0.331 e. The van der Waals surface area contributed by atoms with E-state index in [9.17, 15) is 4.79 Å². The minimum atomic E-state index is 0.0782. The molecule has 2 saturated carbocycles. The van der Waals surface area contributed by atoms with Gasteiger partial charge < -0.3 is 5.32 Å². The Bertz CT molecular complexity index is 505. The van der Waals surface area contributed by atoms with Crippen molar-refractivity contribution in [2.24, 2.45) is 17.8 Å². The lowest BCUT2D eigenvalue weighted by atomic mass is 9.88. The maximum absolute atomic E-state index is 12.1. The predicted octanol–water partition coefficient (Wildman–Crippen LogP) is 2.44. The first-order valence-electron chi connectivity index (χ1n) is 7.14. The fraction of sp³-hybridized carbons (Fsp3) is 0.467. The van der Waals surface area contributed by atoms with Crippen LogP contribution < -0.4 is 16.2 Å². The monoisotopic (exact) mass is 289 g/mol. The number of para-hydroxylation sites is 1. The Morgan fingerprint density at radius 2 is 1.90 bits per heavy atom. The van der Waals surface area contributed by atoms with E-state index in [0.29, 0.717) is 11.0 Å². The number of benzene rings is 1. The molecule has 20 heavy (non-hydrogen) atoms. The number of carbonyl (C=O) groups is 1. The van der Waals surface area contributed by atoms with Crippen molar-refractivity contribution in [3.8, 4) is 0 Å². The summed E-state index contributed by atoms with van der Waals surface area (Å²) in [5, 5.41) is 3.44. The summed E-state index contributed by atoms with van der Waals surface area (Å²) in [7, 11) is 0. The lowest BCUT2D eigenvalue weighted by Gasteiger charge is -2.21. The van der Waals surface area contributed by atoms with Crippen LogP contribution in [0.4, 0.5) is 5.69 Å². The van der Waals surface area contributed by atoms with Gasteiger partial charge in [-0.2, -0.15) is 0 Å². The van der Waals surface area contributed by atoms with Crippen LogP contribution in [0, 0.1) is 17.8 Å². The van der Waals surface area contributed by atoms with Crippen LogP contribution in [0.2, 0.25) is 0 Å². The fourth-order valence-electron chi connectivity index (χ4n) is 3.46. The largest absolute Gasteiger partial charge is 0.331 e. The first-order valence-corrected chi connectivity index (χ1v) is 7.55. The summed E-state index contributed by atoms with van der Waals surface area (Å²) in [6.07, 6.45) is 4.77. The number of anilines is 1. The van der Waals surface area contributed by atoms with Crippen molar-refractivity contribution in [2.75, 3.05) is 5.32 Å². The predicted molar refractivity (Wildman–Crippen MR) is 82.9 cm³/mol. The van der Waals surface area contributed by atoms with Crippen molar-refractivity contribution in [3.05, 3.63) is 30.3 Å². The summed E-state index contributed by atoms with van der Waals surface area (Å²) >= 11 is 5.16. The molecular formula is C15H19N3OS. The lowest BCUT2D eigenvalue weighted by molar-refractivity contribution is -0.127. The van der Waals surface area contributed by atoms with Gasteiger partial charge in [-0.1, -0.05) is 24.6 Å². The molecule has 5 heteroatoms. The van der Waals surface area contributed by atoms with E-state index in [1.54, 1.807) is 0 Å². The smallest absolute Gasteiger partial charge is 0.241 e. The standard InChI is InChI=1S/C15H19N3OS/c19-14(13-9-10-6-7-11(13)8-10)17-18-15(20)16-12-4-2-1-3-5-12/h1-5,10-11,13H,6-9H2,(H,17,19)(H2,16,18,20)/t10-,11-,13-/m1/s1. The highest BCUT2D eigenvalue weighted by Gasteiger charge is 2.43. The summed E-state index contributed by atoms with van der Waals surface area (Å²) in [6.45, 7) is 0. The quantitative estimate of drug-likeness (QED) is 0.578. The summed E-state index contributed by atoms with van der Waals surface area (Å²) in [5.41, 5.74) is 6.43. The van der Waals surface area contributed by atoms with Gasteiger partial charge in [0.2, 0.25) is 5.91 Å². The molecule has 2 fully saturated rings. The van der Waals surface area contributed by atoms with E-state index in [4.69, 9.17) is 12.2 Å². The molecule has 3 rings (SSSR count). The Hall–Kier alpha value is -1.62. The van der Waals surface area contributed by atoms with Gasteiger partial charge in [-0.25, -0.2) is 0 Å². The van der Waals surface area contributed by atoms with E-state index in [2.05, 4.69) is 16.2 Å². The number of fused-ring (bicyclic) bond motifs is 2. The van der Waals surface area contributed by atoms with Crippen LogP contribution in [-0.4, -0.2) is 11.0 Å². The van der Waals surface area contributed by atoms with Gasteiger partial charge in [0.05, 0.1) is 0 Å². The molecule has 1 amide bonds. The topological polar surface area (TPSA) is 53.2 Å². The second-order valence-corrected chi connectivity index (χ2v) is 6.12. The van der Waals surface area contributed by atoms with Gasteiger partial charge in [-0.15, -0.1) is 0 Å². The first kappa shape index (κ1) is 13.4. The highest BCUT2D eigenvalue weighted by atomic mass is 32.1. The molecule has 0 unspecified atom stereocenters. The molecule has 2 bridgehead atoms. The zero-order valence-electron chi connectivity index (χ0n) is 11.3. The molecule has 3 atom stereocenters. The van der Waals surface area contributed by atoms with Crippen LogP contribution in [0.1, 0.15) is 25.7 Å². The van der Waals surface area contributed by atoms with E-state index in [1.807, 2.05) is 30.3 Å². The second kappa shape index (κ2) is 5.79. The molecule has 106 valence electrons. The number of carbonyl (C=O) groups excluding carboxylic acids is 1. The molecule has 0 spiro atoms. The molecule has 2 aliphatic carbocycles. The third kappa shape index (κ3) is 2.93. The summed E-state index contributed by atoms with van der Waals surface area (Å²) < 4.78 is 0. The van der Waals surface area contributed by atoms with Gasteiger partial charge in [0.15, 0.2) is 5.11 Å². The average Bonchev–Trinajstić information content (AvgIpc) is 3.08. The number of hydrogen-bond donors (Lipinski definition) is 3. The minimum absolute atomic E-state index is 0.0782. The van der Waals surface area contributed by atoms with E-state index >= 15 is 0 Å². The fourth-order valence-corrected chi connectivity index (χ4v) is 3.63.